The summed E-state index contributed by atoms with van der Waals surface area (Å²) in [6.07, 6.45) is 9.17. The number of rotatable bonds is 7. The first-order valence-electron chi connectivity index (χ1n) is 5.11. The molecule has 0 spiro atoms. The van der Waals surface area contributed by atoms with E-state index in [1.54, 1.807) is 12.2 Å². The number of allylic oxidation sites excluding steroid dienone is 4. The molecule has 0 bridgehead atoms. The van der Waals surface area contributed by atoms with E-state index in [1.165, 1.54) is 12.2 Å². The summed E-state index contributed by atoms with van der Waals surface area (Å²) in [5.41, 5.74) is 0. The molecule has 0 saturated carbocycles. The Hall–Kier alpha value is -1.18. The Kier molecular flexibility index (Phi) is 7.71. The summed E-state index contributed by atoms with van der Waals surface area (Å²) in [6, 6.07) is 0. The highest BCUT2D eigenvalue weighted by molar-refractivity contribution is 5.91. The summed E-state index contributed by atoms with van der Waals surface area (Å²) >= 11 is 0. The quantitative estimate of drug-likeness (QED) is 0.461. The van der Waals surface area contributed by atoms with Gasteiger partial charge in [-0.15, -0.1) is 0 Å². The van der Waals surface area contributed by atoms with E-state index in [2.05, 4.69) is 0 Å². The Morgan fingerprint density at radius 2 is 1.21 bits per heavy atom. The first-order chi connectivity index (χ1) is 6.70. The molecular formula is C12H18O2. The SMILES string of the molecule is CCCC(=O)C=CC=CC(=O)CCC. The average Bonchev–Trinajstić information content (AvgIpc) is 2.13. The molecule has 0 heterocycles. The second-order valence-corrected chi connectivity index (χ2v) is 3.15. The van der Waals surface area contributed by atoms with Gasteiger partial charge in [-0.2, -0.15) is 0 Å². The van der Waals surface area contributed by atoms with Gasteiger partial charge in [0.2, 0.25) is 0 Å². The molecule has 14 heavy (non-hydrogen) atoms. The van der Waals surface area contributed by atoms with Gasteiger partial charge in [-0.3, -0.25) is 9.59 Å². The lowest BCUT2D eigenvalue weighted by atomic mass is 10.2. The Balaban J connectivity index is 3.80. The molecule has 0 saturated heterocycles. The van der Waals surface area contributed by atoms with Crippen molar-refractivity contribution in [1.82, 2.24) is 0 Å². The lowest BCUT2D eigenvalue weighted by Gasteiger charge is -1.87. The molecule has 0 aromatic heterocycles. The van der Waals surface area contributed by atoms with E-state index in [0.717, 1.165) is 12.8 Å². The van der Waals surface area contributed by atoms with E-state index in [4.69, 9.17) is 0 Å². The van der Waals surface area contributed by atoms with Crippen LogP contribution >= 0.6 is 0 Å². The van der Waals surface area contributed by atoms with Crippen LogP contribution in [-0.4, -0.2) is 11.6 Å². The molecule has 78 valence electrons. The summed E-state index contributed by atoms with van der Waals surface area (Å²) in [5, 5.41) is 0. The van der Waals surface area contributed by atoms with Gasteiger partial charge < -0.3 is 0 Å². The third-order valence-corrected chi connectivity index (χ3v) is 1.67. The largest absolute Gasteiger partial charge is 0.295 e. The van der Waals surface area contributed by atoms with Crippen molar-refractivity contribution in [3.8, 4) is 0 Å². The Bertz CT molecular complexity index is 211. The predicted octanol–water partition coefficient (Wildman–Crippen LogP) is 2.84. The topological polar surface area (TPSA) is 34.1 Å². The normalized spacial score (nSPS) is 11.3. The maximum absolute atomic E-state index is 11.0. The van der Waals surface area contributed by atoms with Crippen molar-refractivity contribution in [1.29, 1.82) is 0 Å². The smallest absolute Gasteiger partial charge is 0.155 e. The summed E-state index contributed by atoms with van der Waals surface area (Å²) < 4.78 is 0. The van der Waals surface area contributed by atoms with Crippen molar-refractivity contribution in [2.75, 3.05) is 0 Å². The van der Waals surface area contributed by atoms with Crippen LogP contribution in [0.3, 0.4) is 0 Å². The minimum Gasteiger partial charge on any atom is -0.295 e. The lowest BCUT2D eigenvalue weighted by Crippen LogP contribution is -1.90. The number of carbonyl (C=O) groups is 2. The Morgan fingerprint density at radius 3 is 1.50 bits per heavy atom. The fraction of sp³-hybridized carbons (Fsp3) is 0.500. The van der Waals surface area contributed by atoms with Gasteiger partial charge in [-0.25, -0.2) is 0 Å². The molecule has 0 N–H and O–H groups in total. The third kappa shape index (κ3) is 7.47. The summed E-state index contributed by atoms with van der Waals surface area (Å²) in [4.78, 5) is 22.0. The van der Waals surface area contributed by atoms with Crippen molar-refractivity contribution in [2.24, 2.45) is 0 Å². The Morgan fingerprint density at radius 1 is 0.857 bits per heavy atom. The Labute approximate surface area is 85.7 Å². The van der Waals surface area contributed by atoms with Crippen LogP contribution in [0.2, 0.25) is 0 Å². The van der Waals surface area contributed by atoms with Crippen molar-refractivity contribution in [2.45, 2.75) is 39.5 Å². The molecule has 2 heteroatoms. The maximum Gasteiger partial charge on any atom is 0.155 e. The highest BCUT2D eigenvalue weighted by atomic mass is 16.1. The molecule has 0 fully saturated rings. The van der Waals surface area contributed by atoms with Crippen LogP contribution in [0.15, 0.2) is 24.3 Å². The first kappa shape index (κ1) is 12.8. The molecule has 0 aliphatic heterocycles. The van der Waals surface area contributed by atoms with Crippen molar-refractivity contribution >= 4 is 11.6 Å². The van der Waals surface area contributed by atoms with Gasteiger partial charge in [0.05, 0.1) is 0 Å². The van der Waals surface area contributed by atoms with E-state index in [-0.39, 0.29) is 11.6 Å². The number of ketones is 2. The molecule has 0 rings (SSSR count). The molecule has 0 radical (unpaired) electrons. The van der Waals surface area contributed by atoms with Crippen LogP contribution in [0, 0.1) is 0 Å². The summed E-state index contributed by atoms with van der Waals surface area (Å²) in [6.45, 7) is 3.93. The van der Waals surface area contributed by atoms with Gasteiger partial charge in [-0.1, -0.05) is 26.0 Å². The molecule has 0 aromatic carbocycles. The van der Waals surface area contributed by atoms with Crippen LogP contribution < -0.4 is 0 Å². The molecule has 0 aromatic rings. The summed E-state index contributed by atoms with van der Waals surface area (Å²) in [7, 11) is 0. The zero-order chi connectivity index (χ0) is 10.8. The van der Waals surface area contributed by atoms with E-state index >= 15 is 0 Å². The van der Waals surface area contributed by atoms with Crippen molar-refractivity contribution in [3.63, 3.8) is 0 Å². The van der Waals surface area contributed by atoms with Gasteiger partial charge in [0, 0.05) is 12.8 Å². The van der Waals surface area contributed by atoms with Gasteiger partial charge in [-0.05, 0) is 25.0 Å². The van der Waals surface area contributed by atoms with E-state index in [0.29, 0.717) is 12.8 Å². The number of carbonyl (C=O) groups excluding carboxylic acids is 2. The zero-order valence-electron chi connectivity index (χ0n) is 8.95. The second-order valence-electron chi connectivity index (χ2n) is 3.15. The zero-order valence-corrected chi connectivity index (χ0v) is 8.95. The predicted molar refractivity (Wildman–Crippen MR) is 58.1 cm³/mol. The lowest BCUT2D eigenvalue weighted by molar-refractivity contribution is -0.115. The highest BCUT2D eigenvalue weighted by Gasteiger charge is 1.92. The summed E-state index contributed by atoms with van der Waals surface area (Å²) in [5.74, 6) is 0.222. The molecule has 0 aliphatic rings. The minimum absolute atomic E-state index is 0.111. The number of hydrogen-bond acceptors (Lipinski definition) is 2. The second kappa shape index (κ2) is 8.42. The molecule has 0 amide bonds. The van der Waals surface area contributed by atoms with Crippen molar-refractivity contribution in [3.05, 3.63) is 24.3 Å². The standard InChI is InChI=1S/C12H18O2/c1-3-7-11(13)9-5-6-10-12(14)8-4-2/h5-6,9-10H,3-4,7-8H2,1-2H3. The van der Waals surface area contributed by atoms with Crippen LogP contribution in [0.1, 0.15) is 39.5 Å². The fourth-order valence-electron chi connectivity index (χ4n) is 0.985. The first-order valence-corrected chi connectivity index (χ1v) is 5.11. The fourth-order valence-corrected chi connectivity index (χ4v) is 0.985. The number of hydrogen-bond donors (Lipinski definition) is 0. The van der Waals surface area contributed by atoms with Crippen molar-refractivity contribution < 1.29 is 9.59 Å². The highest BCUT2D eigenvalue weighted by Crippen LogP contribution is 1.93. The minimum atomic E-state index is 0.111. The van der Waals surface area contributed by atoms with Crippen LogP contribution in [-0.2, 0) is 9.59 Å². The van der Waals surface area contributed by atoms with Crippen LogP contribution in [0.5, 0.6) is 0 Å². The van der Waals surface area contributed by atoms with Gasteiger partial charge >= 0.3 is 0 Å². The third-order valence-electron chi connectivity index (χ3n) is 1.67. The van der Waals surface area contributed by atoms with E-state index < -0.39 is 0 Å². The van der Waals surface area contributed by atoms with Crippen LogP contribution in [0.25, 0.3) is 0 Å². The monoisotopic (exact) mass is 194 g/mol. The van der Waals surface area contributed by atoms with Gasteiger partial charge in [0.15, 0.2) is 11.6 Å². The molecular weight excluding hydrogens is 176 g/mol. The molecule has 0 aliphatic carbocycles. The molecule has 0 unspecified atom stereocenters. The van der Waals surface area contributed by atoms with Gasteiger partial charge in [0.25, 0.3) is 0 Å². The molecule has 0 atom stereocenters. The van der Waals surface area contributed by atoms with E-state index in [9.17, 15) is 9.59 Å². The van der Waals surface area contributed by atoms with Crippen LogP contribution in [0.4, 0.5) is 0 Å². The average molecular weight is 194 g/mol. The molecule has 2 nitrogen and oxygen atoms in total. The maximum atomic E-state index is 11.0. The van der Waals surface area contributed by atoms with E-state index in [1.807, 2.05) is 13.8 Å². The van der Waals surface area contributed by atoms with Gasteiger partial charge in [0.1, 0.15) is 0 Å².